The number of thiazole rings is 1. The highest BCUT2D eigenvalue weighted by atomic mass is 79.9. The molecule has 1 heterocycles. The summed E-state index contributed by atoms with van der Waals surface area (Å²) in [5.74, 6) is 0. The summed E-state index contributed by atoms with van der Waals surface area (Å²) in [6.45, 7) is 4.80. The van der Waals surface area contributed by atoms with Crippen LogP contribution in [0.15, 0.2) is 9.98 Å². The van der Waals surface area contributed by atoms with Crippen molar-refractivity contribution in [1.82, 2.24) is 10.3 Å². The van der Waals surface area contributed by atoms with E-state index in [-0.39, 0.29) is 11.3 Å². The number of aromatic nitrogens is 1. The number of rotatable bonds is 5. The predicted octanol–water partition coefficient (Wildman–Crippen LogP) is 2.32. The van der Waals surface area contributed by atoms with Crippen molar-refractivity contribution in [3.05, 3.63) is 15.0 Å². The Bertz CT molecular complexity index is 343. The minimum Gasteiger partial charge on any atom is -0.307 e. The topological polar surface area (TPSA) is 42.0 Å². The number of nitrogens with one attached hydrogen (secondary N) is 1. The number of hydrogen-bond acceptors (Lipinski definition) is 4. The molecule has 0 aliphatic heterocycles. The van der Waals surface area contributed by atoms with Crippen molar-refractivity contribution in [2.75, 3.05) is 12.8 Å². The summed E-state index contributed by atoms with van der Waals surface area (Å²) in [4.78, 5) is 4.27. The quantitative estimate of drug-likeness (QED) is 0.907. The smallest absolute Gasteiger partial charge is 0.110 e. The fraction of sp³-hybridized carbons (Fsp3) is 0.667. The Labute approximate surface area is 105 Å². The number of nitrogens with zero attached hydrogens (tertiary/aromatic N) is 1. The average molecular weight is 311 g/mol. The lowest BCUT2D eigenvalue weighted by atomic mass is 10.3. The van der Waals surface area contributed by atoms with Gasteiger partial charge >= 0.3 is 0 Å². The Hall–Kier alpha value is 0.220. The molecule has 0 bridgehead atoms. The van der Waals surface area contributed by atoms with E-state index in [1.165, 1.54) is 0 Å². The Morgan fingerprint density at radius 2 is 2.33 bits per heavy atom. The van der Waals surface area contributed by atoms with E-state index in [9.17, 15) is 4.21 Å². The molecule has 6 heteroatoms. The highest BCUT2D eigenvalue weighted by Gasteiger charge is 2.12. The molecule has 3 nitrogen and oxygen atoms in total. The summed E-state index contributed by atoms with van der Waals surface area (Å²) in [6, 6.07) is 0.215. The first-order valence-electron chi connectivity index (χ1n) is 4.67. The third kappa shape index (κ3) is 4.30. The molecule has 0 fully saturated rings. The first kappa shape index (κ1) is 13.3. The van der Waals surface area contributed by atoms with E-state index in [1.54, 1.807) is 23.8 Å². The molecular formula is C9H15BrN2OS2. The Morgan fingerprint density at radius 3 is 2.80 bits per heavy atom. The van der Waals surface area contributed by atoms with Crippen molar-refractivity contribution >= 4 is 38.1 Å². The monoisotopic (exact) mass is 310 g/mol. The normalized spacial score (nSPS) is 17.3. The van der Waals surface area contributed by atoms with Gasteiger partial charge in [0.25, 0.3) is 0 Å². The van der Waals surface area contributed by atoms with Crippen molar-refractivity contribution in [3.63, 3.8) is 0 Å². The van der Waals surface area contributed by atoms with Crippen LogP contribution in [0.3, 0.4) is 0 Å². The van der Waals surface area contributed by atoms with E-state index in [2.05, 4.69) is 33.2 Å². The highest BCUT2D eigenvalue weighted by molar-refractivity contribution is 9.11. The molecular weight excluding hydrogens is 296 g/mol. The molecule has 1 rings (SSSR count). The first-order chi connectivity index (χ1) is 7.00. The lowest BCUT2D eigenvalue weighted by molar-refractivity contribution is 0.566. The van der Waals surface area contributed by atoms with Gasteiger partial charge in [0.1, 0.15) is 5.01 Å². The van der Waals surface area contributed by atoms with E-state index < -0.39 is 10.8 Å². The minimum atomic E-state index is -0.767. The zero-order valence-corrected chi connectivity index (χ0v) is 12.2. The van der Waals surface area contributed by atoms with Gasteiger partial charge in [0.2, 0.25) is 0 Å². The van der Waals surface area contributed by atoms with Gasteiger partial charge in [-0.05, 0) is 29.8 Å². The molecule has 0 aliphatic carbocycles. The van der Waals surface area contributed by atoms with Crippen LogP contribution in [-0.2, 0) is 10.8 Å². The Morgan fingerprint density at radius 1 is 1.67 bits per heavy atom. The van der Waals surface area contributed by atoms with Crippen LogP contribution < -0.4 is 5.32 Å². The van der Waals surface area contributed by atoms with Gasteiger partial charge in [0, 0.05) is 28.9 Å². The maximum absolute atomic E-state index is 11.1. The fourth-order valence-corrected chi connectivity index (χ4v) is 2.62. The summed E-state index contributed by atoms with van der Waals surface area (Å²) >= 11 is 5.01. The van der Waals surface area contributed by atoms with Gasteiger partial charge in [-0.2, -0.15) is 0 Å². The van der Waals surface area contributed by atoms with Crippen LogP contribution >= 0.6 is 27.3 Å². The lowest BCUT2D eigenvalue weighted by Gasteiger charge is -2.14. The Balaban J connectivity index is 2.43. The molecule has 0 amide bonds. The van der Waals surface area contributed by atoms with Gasteiger partial charge in [-0.1, -0.05) is 0 Å². The van der Waals surface area contributed by atoms with Crippen LogP contribution in [0.25, 0.3) is 0 Å². The van der Waals surface area contributed by atoms with Crippen LogP contribution in [0.5, 0.6) is 0 Å². The van der Waals surface area contributed by atoms with Crippen molar-refractivity contribution in [3.8, 4) is 0 Å². The maximum atomic E-state index is 11.1. The second kappa shape index (κ2) is 6.08. The van der Waals surface area contributed by atoms with Gasteiger partial charge in [0.15, 0.2) is 0 Å². The Kier molecular flexibility index (Phi) is 5.38. The summed E-state index contributed by atoms with van der Waals surface area (Å²) in [5.41, 5.74) is 0. The molecule has 86 valence electrons. The van der Waals surface area contributed by atoms with Gasteiger partial charge in [-0.3, -0.25) is 4.21 Å². The fourth-order valence-electron chi connectivity index (χ4n) is 1.01. The van der Waals surface area contributed by atoms with E-state index in [4.69, 9.17) is 0 Å². The number of hydrogen-bond donors (Lipinski definition) is 1. The SMILES string of the molecule is CC(NCC(C)S(C)=O)c1ncc(Br)s1. The first-order valence-corrected chi connectivity index (χ1v) is 7.90. The van der Waals surface area contributed by atoms with Crippen molar-refractivity contribution in [2.45, 2.75) is 25.1 Å². The van der Waals surface area contributed by atoms with Gasteiger partial charge < -0.3 is 5.32 Å². The molecule has 1 aromatic rings. The second-order valence-electron chi connectivity index (χ2n) is 3.44. The molecule has 3 unspecified atom stereocenters. The van der Waals surface area contributed by atoms with Crippen LogP contribution in [-0.4, -0.2) is 27.2 Å². The molecule has 3 atom stereocenters. The molecule has 1 N–H and O–H groups in total. The third-order valence-corrected chi connectivity index (χ3v) is 5.10. The van der Waals surface area contributed by atoms with E-state index >= 15 is 0 Å². The van der Waals surface area contributed by atoms with Gasteiger partial charge in [-0.15, -0.1) is 11.3 Å². The zero-order valence-electron chi connectivity index (χ0n) is 8.99. The van der Waals surface area contributed by atoms with E-state index in [0.29, 0.717) is 0 Å². The summed E-state index contributed by atoms with van der Waals surface area (Å²) in [7, 11) is -0.767. The van der Waals surface area contributed by atoms with E-state index in [0.717, 1.165) is 15.3 Å². The zero-order chi connectivity index (χ0) is 11.4. The second-order valence-corrected chi connectivity index (χ2v) is 7.69. The minimum absolute atomic E-state index is 0.177. The van der Waals surface area contributed by atoms with Crippen molar-refractivity contribution < 1.29 is 4.21 Å². The van der Waals surface area contributed by atoms with Crippen LogP contribution in [0.1, 0.15) is 24.9 Å². The standard InChI is InChI=1S/C9H15BrN2OS2/c1-6(15(3)13)4-11-7(2)9-12-5-8(10)14-9/h5-7,11H,4H2,1-3H3. The van der Waals surface area contributed by atoms with Crippen LogP contribution in [0.4, 0.5) is 0 Å². The van der Waals surface area contributed by atoms with Crippen molar-refractivity contribution in [2.24, 2.45) is 0 Å². The van der Waals surface area contributed by atoms with Gasteiger partial charge in [-0.25, -0.2) is 4.98 Å². The van der Waals surface area contributed by atoms with Gasteiger partial charge in [0.05, 0.1) is 16.0 Å². The third-order valence-electron chi connectivity index (χ3n) is 2.14. The summed E-state index contributed by atoms with van der Waals surface area (Å²) in [5, 5.41) is 4.56. The largest absolute Gasteiger partial charge is 0.307 e. The van der Waals surface area contributed by atoms with Crippen molar-refractivity contribution in [1.29, 1.82) is 0 Å². The molecule has 0 radical (unpaired) electrons. The predicted molar refractivity (Wildman–Crippen MR) is 69.8 cm³/mol. The maximum Gasteiger partial charge on any atom is 0.110 e. The molecule has 15 heavy (non-hydrogen) atoms. The summed E-state index contributed by atoms with van der Waals surface area (Å²) in [6.07, 6.45) is 3.54. The molecule has 0 saturated heterocycles. The molecule has 0 aliphatic rings. The molecule has 1 aromatic heterocycles. The summed E-state index contributed by atoms with van der Waals surface area (Å²) < 4.78 is 12.2. The molecule has 0 spiro atoms. The van der Waals surface area contributed by atoms with Crippen LogP contribution in [0.2, 0.25) is 0 Å². The molecule has 0 saturated carbocycles. The van der Waals surface area contributed by atoms with E-state index in [1.807, 2.05) is 6.92 Å². The molecule has 0 aromatic carbocycles. The number of halogens is 1. The highest BCUT2D eigenvalue weighted by Crippen LogP contribution is 2.23. The lowest BCUT2D eigenvalue weighted by Crippen LogP contribution is -2.29. The average Bonchev–Trinajstić information content (AvgIpc) is 2.60. The van der Waals surface area contributed by atoms with Crippen LogP contribution in [0, 0.1) is 0 Å².